The minimum absolute atomic E-state index is 0.241. The Morgan fingerprint density at radius 1 is 1.24 bits per heavy atom. The molecule has 2 heterocycles. The van der Waals surface area contributed by atoms with Crippen LogP contribution >= 0.6 is 0 Å². The zero-order valence-electron chi connectivity index (χ0n) is 12.6. The van der Waals surface area contributed by atoms with Gasteiger partial charge in [0.25, 0.3) is 0 Å². The van der Waals surface area contributed by atoms with Crippen molar-refractivity contribution in [2.45, 2.75) is 50.3 Å². The second-order valence-electron chi connectivity index (χ2n) is 5.84. The largest absolute Gasteiger partial charge is 0.394 e. The van der Waals surface area contributed by atoms with Gasteiger partial charge in [-0.05, 0) is 13.8 Å². The molecule has 0 aliphatic carbocycles. The normalized spacial score (nSPS) is 35.7. The highest BCUT2D eigenvalue weighted by Gasteiger charge is 2.57. The molecule has 21 heavy (non-hydrogen) atoms. The smallest absolute Gasteiger partial charge is 0.189 e. The summed E-state index contributed by atoms with van der Waals surface area (Å²) in [5.41, 5.74) is 0. The summed E-state index contributed by atoms with van der Waals surface area (Å²) >= 11 is 0. The Morgan fingerprint density at radius 2 is 1.86 bits per heavy atom. The highest BCUT2D eigenvalue weighted by Crippen LogP contribution is 2.40. The molecule has 0 aromatic heterocycles. The fraction of sp³-hybridized carbons (Fsp3) is 0.733. The zero-order valence-corrected chi connectivity index (χ0v) is 12.6. The average molecular weight is 299 g/mol. The lowest BCUT2D eigenvalue weighted by atomic mass is 10.0. The van der Waals surface area contributed by atoms with Crippen molar-refractivity contribution in [3.63, 3.8) is 0 Å². The summed E-state index contributed by atoms with van der Waals surface area (Å²) < 4.78 is 17.4. The van der Waals surface area contributed by atoms with Gasteiger partial charge in [0.2, 0.25) is 0 Å². The first-order valence-corrected chi connectivity index (χ1v) is 7.19. The molecule has 0 aromatic rings. The van der Waals surface area contributed by atoms with Crippen molar-refractivity contribution in [1.29, 1.82) is 0 Å². The molecular formula is C15H25NO5. The Balaban J connectivity index is 2.24. The SMILES string of the molecule is C=CCN(CC=C)[C@@H]1[C@H]2OC(C)(C)O[C@H]2O[C@@H]1[C@H](O)CO. The number of aliphatic hydroxyl groups is 2. The molecule has 2 aliphatic rings. The molecule has 0 amide bonds. The minimum Gasteiger partial charge on any atom is -0.394 e. The van der Waals surface area contributed by atoms with Gasteiger partial charge >= 0.3 is 0 Å². The van der Waals surface area contributed by atoms with Crippen molar-refractivity contribution in [3.8, 4) is 0 Å². The van der Waals surface area contributed by atoms with E-state index in [9.17, 15) is 10.2 Å². The third kappa shape index (κ3) is 3.36. The van der Waals surface area contributed by atoms with Crippen LogP contribution in [0.4, 0.5) is 0 Å². The van der Waals surface area contributed by atoms with Gasteiger partial charge in [0, 0.05) is 13.1 Å². The van der Waals surface area contributed by atoms with Gasteiger partial charge in [0.15, 0.2) is 12.1 Å². The Labute approximate surface area is 125 Å². The van der Waals surface area contributed by atoms with Gasteiger partial charge < -0.3 is 24.4 Å². The first kappa shape index (κ1) is 16.6. The number of nitrogens with zero attached hydrogens (tertiary/aromatic N) is 1. The molecule has 2 saturated heterocycles. The summed E-state index contributed by atoms with van der Waals surface area (Å²) in [6, 6.07) is -0.241. The molecule has 2 aliphatic heterocycles. The molecule has 2 fully saturated rings. The molecule has 120 valence electrons. The molecule has 5 atom stereocenters. The second kappa shape index (κ2) is 6.56. The molecule has 2 N–H and O–H groups in total. The molecule has 2 rings (SSSR count). The minimum atomic E-state index is -0.993. The quantitative estimate of drug-likeness (QED) is 0.657. The van der Waals surface area contributed by atoms with Crippen LogP contribution in [-0.4, -0.2) is 71.2 Å². The zero-order chi connectivity index (χ0) is 15.6. The molecule has 0 saturated carbocycles. The first-order chi connectivity index (χ1) is 9.93. The highest BCUT2D eigenvalue weighted by atomic mass is 16.8. The lowest BCUT2D eigenvalue weighted by Crippen LogP contribution is -2.52. The van der Waals surface area contributed by atoms with Gasteiger partial charge in [-0.15, -0.1) is 13.2 Å². The van der Waals surface area contributed by atoms with E-state index in [1.165, 1.54) is 0 Å². The summed E-state index contributed by atoms with van der Waals surface area (Å²) in [5, 5.41) is 19.3. The van der Waals surface area contributed by atoms with Crippen molar-refractivity contribution in [2.24, 2.45) is 0 Å². The number of ether oxygens (including phenoxy) is 3. The van der Waals surface area contributed by atoms with Crippen molar-refractivity contribution in [3.05, 3.63) is 25.3 Å². The van der Waals surface area contributed by atoms with Crippen LogP contribution in [0.25, 0.3) is 0 Å². The summed E-state index contributed by atoms with van der Waals surface area (Å²) in [6.07, 6.45) is 1.11. The van der Waals surface area contributed by atoms with Gasteiger partial charge in [-0.1, -0.05) is 12.2 Å². The number of hydrogen-bond acceptors (Lipinski definition) is 6. The second-order valence-corrected chi connectivity index (χ2v) is 5.84. The predicted octanol–water partition coefficient (Wildman–Crippen LogP) is 0.259. The van der Waals surface area contributed by atoms with Crippen LogP contribution in [0.1, 0.15) is 13.8 Å². The number of rotatable bonds is 7. The number of aliphatic hydroxyl groups excluding tert-OH is 2. The molecule has 0 spiro atoms. The lowest BCUT2D eigenvalue weighted by Gasteiger charge is -2.35. The Morgan fingerprint density at radius 3 is 2.38 bits per heavy atom. The Bertz CT molecular complexity index is 376. The number of hydrogen-bond donors (Lipinski definition) is 2. The molecule has 0 unspecified atom stereocenters. The van der Waals surface area contributed by atoms with E-state index in [1.807, 2.05) is 13.8 Å². The third-order valence-electron chi connectivity index (χ3n) is 3.77. The topological polar surface area (TPSA) is 71.4 Å². The highest BCUT2D eigenvalue weighted by molar-refractivity contribution is 5.03. The summed E-state index contributed by atoms with van der Waals surface area (Å²) in [5.74, 6) is -0.725. The van der Waals surface area contributed by atoms with E-state index >= 15 is 0 Å². The van der Waals surface area contributed by atoms with Crippen LogP contribution in [0.3, 0.4) is 0 Å². The summed E-state index contributed by atoms with van der Waals surface area (Å²) in [6.45, 7) is 12.0. The van der Waals surface area contributed by atoms with Crippen LogP contribution in [0.5, 0.6) is 0 Å². The van der Waals surface area contributed by atoms with Crippen molar-refractivity contribution in [1.82, 2.24) is 4.90 Å². The van der Waals surface area contributed by atoms with Gasteiger partial charge in [-0.25, -0.2) is 0 Å². The van der Waals surface area contributed by atoms with Gasteiger partial charge in [0.1, 0.15) is 18.3 Å². The average Bonchev–Trinajstić information content (AvgIpc) is 2.89. The van der Waals surface area contributed by atoms with Crippen molar-refractivity contribution in [2.75, 3.05) is 19.7 Å². The third-order valence-corrected chi connectivity index (χ3v) is 3.77. The van der Waals surface area contributed by atoms with E-state index in [-0.39, 0.29) is 18.8 Å². The van der Waals surface area contributed by atoms with E-state index in [1.54, 1.807) is 12.2 Å². The maximum Gasteiger partial charge on any atom is 0.189 e. The van der Waals surface area contributed by atoms with E-state index in [2.05, 4.69) is 18.1 Å². The van der Waals surface area contributed by atoms with E-state index < -0.39 is 24.3 Å². The van der Waals surface area contributed by atoms with Gasteiger partial charge in [-0.3, -0.25) is 4.90 Å². The van der Waals surface area contributed by atoms with E-state index in [0.29, 0.717) is 13.1 Å². The fourth-order valence-electron chi connectivity index (χ4n) is 3.00. The summed E-state index contributed by atoms with van der Waals surface area (Å²) in [7, 11) is 0. The molecule has 0 aromatic carbocycles. The van der Waals surface area contributed by atoms with Crippen molar-refractivity contribution < 1.29 is 24.4 Å². The molecule has 0 radical (unpaired) electrons. The standard InChI is InChI=1S/C15H25NO5/c1-5-7-16(8-6-2)11-12(10(18)9-17)19-14-13(11)20-15(3,4)21-14/h5-6,10-14,17-18H,1-2,7-9H2,3-4H3/t10-,11+,12-,13-,14-/m1/s1. The Hall–Kier alpha value is -0.760. The predicted molar refractivity (Wildman–Crippen MR) is 77.5 cm³/mol. The van der Waals surface area contributed by atoms with Gasteiger partial charge in [-0.2, -0.15) is 0 Å². The van der Waals surface area contributed by atoms with Crippen LogP contribution in [-0.2, 0) is 14.2 Å². The monoisotopic (exact) mass is 299 g/mol. The van der Waals surface area contributed by atoms with E-state index in [0.717, 1.165) is 0 Å². The van der Waals surface area contributed by atoms with E-state index in [4.69, 9.17) is 14.2 Å². The Kier molecular flexibility index (Phi) is 5.19. The molecular weight excluding hydrogens is 274 g/mol. The molecule has 0 bridgehead atoms. The molecule has 6 heteroatoms. The fourth-order valence-corrected chi connectivity index (χ4v) is 3.00. The van der Waals surface area contributed by atoms with Crippen LogP contribution < -0.4 is 0 Å². The van der Waals surface area contributed by atoms with Crippen LogP contribution in [0.2, 0.25) is 0 Å². The van der Waals surface area contributed by atoms with Crippen molar-refractivity contribution >= 4 is 0 Å². The maximum absolute atomic E-state index is 10.0. The number of fused-ring (bicyclic) bond motifs is 1. The van der Waals surface area contributed by atoms with Gasteiger partial charge in [0.05, 0.1) is 12.6 Å². The summed E-state index contributed by atoms with van der Waals surface area (Å²) in [4.78, 5) is 2.05. The lowest BCUT2D eigenvalue weighted by molar-refractivity contribution is -0.222. The first-order valence-electron chi connectivity index (χ1n) is 7.19. The molecule has 6 nitrogen and oxygen atoms in total. The van der Waals surface area contributed by atoms with Crippen LogP contribution in [0, 0.1) is 0 Å². The van der Waals surface area contributed by atoms with Crippen LogP contribution in [0.15, 0.2) is 25.3 Å². The maximum atomic E-state index is 10.0.